The van der Waals surface area contributed by atoms with Crippen molar-refractivity contribution in [3.05, 3.63) is 29.8 Å². The molecule has 18 heavy (non-hydrogen) atoms. The van der Waals surface area contributed by atoms with Gasteiger partial charge in [0.25, 0.3) is 0 Å². The van der Waals surface area contributed by atoms with Crippen molar-refractivity contribution in [1.82, 2.24) is 5.32 Å². The van der Waals surface area contributed by atoms with Crippen molar-refractivity contribution in [2.75, 3.05) is 5.75 Å². The normalized spacial score (nSPS) is 20.0. The lowest BCUT2D eigenvalue weighted by molar-refractivity contribution is -0.123. The van der Waals surface area contributed by atoms with Gasteiger partial charge >= 0.3 is 0 Å². The van der Waals surface area contributed by atoms with Gasteiger partial charge in [-0.05, 0) is 24.5 Å². The molecule has 98 valence electrons. The molecule has 4 heteroatoms. The topological polar surface area (TPSA) is 55.1 Å². The summed E-state index contributed by atoms with van der Waals surface area (Å²) in [5.41, 5.74) is 7.08. The van der Waals surface area contributed by atoms with E-state index >= 15 is 0 Å². The molecule has 1 amide bonds. The van der Waals surface area contributed by atoms with E-state index in [0.717, 1.165) is 25.0 Å². The molecule has 3 nitrogen and oxygen atoms in total. The van der Waals surface area contributed by atoms with Crippen molar-refractivity contribution in [3.63, 3.8) is 0 Å². The van der Waals surface area contributed by atoms with Gasteiger partial charge in [0, 0.05) is 10.6 Å². The average molecular weight is 264 g/mol. The number of hydrogen-bond donors (Lipinski definition) is 2. The van der Waals surface area contributed by atoms with Gasteiger partial charge < -0.3 is 11.1 Å². The SMILES string of the molecule is CCC[C@H](N)C(=O)NC1CCSc2ccccc21. The van der Waals surface area contributed by atoms with E-state index in [1.807, 2.05) is 30.8 Å². The summed E-state index contributed by atoms with van der Waals surface area (Å²) in [7, 11) is 0. The van der Waals surface area contributed by atoms with Crippen LogP contribution in [0.2, 0.25) is 0 Å². The van der Waals surface area contributed by atoms with Gasteiger partial charge in [0.1, 0.15) is 0 Å². The summed E-state index contributed by atoms with van der Waals surface area (Å²) in [4.78, 5) is 13.2. The molecule has 3 N–H and O–H groups in total. The molecular weight excluding hydrogens is 244 g/mol. The van der Waals surface area contributed by atoms with E-state index in [0.29, 0.717) is 0 Å². The van der Waals surface area contributed by atoms with Crippen molar-refractivity contribution in [3.8, 4) is 0 Å². The van der Waals surface area contributed by atoms with E-state index in [-0.39, 0.29) is 18.0 Å². The second kappa shape index (κ2) is 6.25. The number of carbonyl (C=O) groups excluding carboxylic acids is 1. The maximum absolute atomic E-state index is 12.0. The highest BCUT2D eigenvalue weighted by Crippen LogP contribution is 2.35. The van der Waals surface area contributed by atoms with Crippen LogP contribution in [-0.2, 0) is 4.79 Å². The summed E-state index contributed by atoms with van der Waals surface area (Å²) in [6.07, 6.45) is 2.66. The molecule has 1 aliphatic rings. The Hall–Kier alpha value is -1.00. The number of benzene rings is 1. The number of fused-ring (bicyclic) bond motifs is 1. The minimum atomic E-state index is -0.378. The summed E-state index contributed by atoms with van der Waals surface area (Å²) in [6.45, 7) is 2.04. The first-order valence-corrected chi connectivity index (χ1v) is 7.48. The monoisotopic (exact) mass is 264 g/mol. The third-order valence-corrected chi connectivity index (χ3v) is 4.33. The number of nitrogens with one attached hydrogen (secondary N) is 1. The molecule has 0 aliphatic carbocycles. The first-order chi connectivity index (χ1) is 8.72. The van der Waals surface area contributed by atoms with Crippen LogP contribution < -0.4 is 11.1 Å². The summed E-state index contributed by atoms with van der Waals surface area (Å²) < 4.78 is 0. The highest BCUT2D eigenvalue weighted by atomic mass is 32.2. The minimum Gasteiger partial charge on any atom is -0.348 e. The van der Waals surface area contributed by atoms with Gasteiger partial charge in [-0.25, -0.2) is 0 Å². The van der Waals surface area contributed by atoms with E-state index in [9.17, 15) is 4.79 Å². The molecule has 1 unspecified atom stereocenters. The average Bonchev–Trinajstić information content (AvgIpc) is 2.39. The van der Waals surface area contributed by atoms with Crippen LogP contribution in [0.5, 0.6) is 0 Å². The number of nitrogens with two attached hydrogens (primary N) is 1. The number of hydrogen-bond acceptors (Lipinski definition) is 3. The largest absolute Gasteiger partial charge is 0.348 e. The van der Waals surface area contributed by atoms with Crippen molar-refractivity contribution in [1.29, 1.82) is 0 Å². The Morgan fingerprint density at radius 3 is 3.11 bits per heavy atom. The standard InChI is InChI=1S/C14H20N2OS/c1-2-5-11(15)14(17)16-12-8-9-18-13-7-4-3-6-10(12)13/h3-4,6-7,11-12H,2,5,8-9,15H2,1H3,(H,16,17)/t11-,12?/m0/s1. The van der Waals surface area contributed by atoms with Gasteiger partial charge in [-0.2, -0.15) is 0 Å². The molecule has 0 spiro atoms. The third kappa shape index (κ3) is 3.06. The summed E-state index contributed by atoms with van der Waals surface area (Å²) in [6, 6.07) is 8.02. The minimum absolute atomic E-state index is 0.0245. The Morgan fingerprint density at radius 1 is 1.56 bits per heavy atom. The van der Waals surface area contributed by atoms with E-state index < -0.39 is 0 Å². The maximum atomic E-state index is 12.0. The molecular formula is C14H20N2OS. The van der Waals surface area contributed by atoms with Crippen LogP contribution in [0.4, 0.5) is 0 Å². The van der Waals surface area contributed by atoms with E-state index in [1.165, 1.54) is 10.5 Å². The Kier molecular flexibility index (Phi) is 4.66. The summed E-state index contributed by atoms with van der Waals surface area (Å²) in [5.74, 6) is 1.02. The van der Waals surface area contributed by atoms with Gasteiger partial charge in [0.05, 0.1) is 12.1 Å². The van der Waals surface area contributed by atoms with E-state index in [4.69, 9.17) is 5.73 Å². The van der Waals surface area contributed by atoms with Crippen molar-refractivity contribution in [2.24, 2.45) is 5.73 Å². The molecule has 0 saturated heterocycles. The third-order valence-electron chi connectivity index (χ3n) is 3.21. The van der Waals surface area contributed by atoms with Crippen LogP contribution in [0.15, 0.2) is 29.2 Å². The van der Waals surface area contributed by atoms with Crippen molar-refractivity contribution < 1.29 is 4.79 Å². The van der Waals surface area contributed by atoms with Gasteiger partial charge in [-0.1, -0.05) is 31.5 Å². The molecule has 2 rings (SSSR count). The second-order valence-electron chi connectivity index (χ2n) is 4.63. The van der Waals surface area contributed by atoms with Crippen LogP contribution in [-0.4, -0.2) is 17.7 Å². The fourth-order valence-corrected chi connectivity index (χ4v) is 3.34. The number of carbonyl (C=O) groups is 1. The van der Waals surface area contributed by atoms with Crippen LogP contribution in [0.3, 0.4) is 0 Å². The molecule has 1 heterocycles. The van der Waals surface area contributed by atoms with Gasteiger partial charge in [0.15, 0.2) is 0 Å². The van der Waals surface area contributed by atoms with Gasteiger partial charge in [0.2, 0.25) is 5.91 Å². The lowest BCUT2D eigenvalue weighted by Gasteiger charge is -2.27. The molecule has 2 atom stereocenters. The zero-order valence-electron chi connectivity index (χ0n) is 10.7. The molecule has 1 aromatic carbocycles. The van der Waals surface area contributed by atoms with E-state index in [2.05, 4.69) is 17.4 Å². The lowest BCUT2D eigenvalue weighted by atomic mass is 10.0. The smallest absolute Gasteiger partial charge is 0.237 e. The molecule has 0 aromatic heterocycles. The van der Waals surface area contributed by atoms with Crippen molar-refractivity contribution in [2.45, 2.75) is 43.2 Å². The highest BCUT2D eigenvalue weighted by molar-refractivity contribution is 7.99. The fraction of sp³-hybridized carbons (Fsp3) is 0.500. The van der Waals surface area contributed by atoms with E-state index in [1.54, 1.807) is 0 Å². The quantitative estimate of drug-likeness (QED) is 0.878. The Labute approximate surface area is 113 Å². The maximum Gasteiger partial charge on any atom is 0.237 e. The first kappa shape index (κ1) is 13.4. The summed E-state index contributed by atoms with van der Waals surface area (Å²) in [5, 5.41) is 3.08. The number of rotatable bonds is 4. The predicted molar refractivity (Wildman–Crippen MR) is 75.6 cm³/mol. The Bertz CT molecular complexity index is 422. The highest BCUT2D eigenvalue weighted by Gasteiger charge is 2.23. The number of thioether (sulfide) groups is 1. The number of amides is 1. The van der Waals surface area contributed by atoms with Crippen molar-refractivity contribution >= 4 is 17.7 Å². The van der Waals surface area contributed by atoms with Crippen LogP contribution in [0, 0.1) is 0 Å². The Morgan fingerprint density at radius 2 is 2.33 bits per heavy atom. The Balaban J connectivity index is 2.05. The zero-order chi connectivity index (χ0) is 13.0. The van der Waals surface area contributed by atoms with Crippen LogP contribution >= 0.6 is 11.8 Å². The first-order valence-electron chi connectivity index (χ1n) is 6.50. The lowest BCUT2D eigenvalue weighted by Crippen LogP contribution is -2.42. The van der Waals surface area contributed by atoms with Crippen LogP contribution in [0.1, 0.15) is 37.8 Å². The molecule has 0 saturated carbocycles. The van der Waals surface area contributed by atoms with Crippen LogP contribution in [0.25, 0.3) is 0 Å². The van der Waals surface area contributed by atoms with Gasteiger partial charge in [-0.3, -0.25) is 4.79 Å². The fourth-order valence-electron chi connectivity index (χ4n) is 2.21. The molecule has 1 aliphatic heterocycles. The molecule has 1 aromatic rings. The molecule has 0 radical (unpaired) electrons. The second-order valence-corrected chi connectivity index (χ2v) is 5.77. The zero-order valence-corrected chi connectivity index (χ0v) is 11.5. The summed E-state index contributed by atoms with van der Waals surface area (Å²) >= 11 is 1.86. The molecule has 0 bridgehead atoms. The predicted octanol–water partition coefficient (Wildman–Crippen LogP) is 2.47. The van der Waals surface area contributed by atoms with Gasteiger partial charge in [-0.15, -0.1) is 11.8 Å². The molecule has 0 fully saturated rings.